The minimum Gasteiger partial charge on any atom is -0.497 e. The molecule has 0 saturated carbocycles. The summed E-state index contributed by atoms with van der Waals surface area (Å²) in [7, 11) is -1.08. The van der Waals surface area contributed by atoms with Crippen LogP contribution < -0.4 is 10.1 Å². The van der Waals surface area contributed by atoms with Gasteiger partial charge in [0, 0.05) is 6.04 Å². The zero-order valence-corrected chi connectivity index (χ0v) is 13.3. The minimum atomic E-state index is -2.77. The average Bonchev–Trinajstić information content (AvgIpc) is 2.83. The molecule has 2 aliphatic rings. The molecule has 1 heterocycles. The number of rotatable bonds is 4. The first-order valence-electron chi connectivity index (χ1n) is 7.68. The molecule has 5 heteroatoms. The normalized spacial score (nSPS) is 27.3. The molecule has 1 aromatic rings. The topological polar surface area (TPSA) is 55.4 Å². The zero-order chi connectivity index (χ0) is 14.9. The summed E-state index contributed by atoms with van der Waals surface area (Å²) in [4.78, 5) is 0. The summed E-state index contributed by atoms with van der Waals surface area (Å²) in [5, 5.41) is 3.59. The summed E-state index contributed by atoms with van der Waals surface area (Å²) in [5.41, 5.74) is 2.71. The Bertz CT molecular complexity index is 612. The van der Waals surface area contributed by atoms with Gasteiger partial charge in [-0.1, -0.05) is 6.07 Å². The van der Waals surface area contributed by atoms with Crippen LogP contribution in [0.4, 0.5) is 0 Å². The molecule has 1 aliphatic heterocycles. The van der Waals surface area contributed by atoms with Gasteiger partial charge in [0.1, 0.15) is 5.75 Å². The maximum atomic E-state index is 11.5. The van der Waals surface area contributed by atoms with Crippen LogP contribution >= 0.6 is 0 Å². The van der Waals surface area contributed by atoms with Crippen LogP contribution in [0.3, 0.4) is 0 Å². The summed E-state index contributed by atoms with van der Waals surface area (Å²) in [6.45, 7) is 0.801. The van der Waals surface area contributed by atoms with E-state index in [0.29, 0.717) is 17.5 Å². The van der Waals surface area contributed by atoms with E-state index >= 15 is 0 Å². The minimum absolute atomic E-state index is 0.277. The van der Waals surface area contributed by atoms with Crippen molar-refractivity contribution in [3.05, 3.63) is 29.3 Å². The Morgan fingerprint density at radius 3 is 2.90 bits per heavy atom. The van der Waals surface area contributed by atoms with E-state index in [4.69, 9.17) is 4.74 Å². The summed E-state index contributed by atoms with van der Waals surface area (Å²) in [6.07, 6.45) is 4.19. The summed E-state index contributed by atoms with van der Waals surface area (Å²) in [6, 6.07) is 6.64. The standard InChI is InChI=1S/C16H23NO3S/c1-20-14-5-6-15-13(9-14)3-2-4-16(15)17-10-12-7-8-21(18,19)11-12/h5-6,9,12,16-17H,2-4,7-8,10-11H2,1H3. The van der Waals surface area contributed by atoms with Crippen molar-refractivity contribution in [2.24, 2.45) is 5.92 Å². The molecule has 21 heavy (non-hydrogen) atoms. The number of benzene rings is 1. The monoisotopic (exact) mass is 309 g/mol. The Morgan fingerprint density at radius 1 is 1.33 bits per heavy atom. The fourth-order valence-corrected chi connectivity index (χ4v) is 5.33. The van der Waals surface area contributed by atoms with E-state index in [-0.39, 0.29) is 5.92 Å². The van der Waals surface area contributed by atoms with Crippen LogP contribution in [0.1, 0.15) is 36.4 Å². The lowest BCUT2D eigenvalue weighted by atomic mass is 9.87. The molecule has 2 atom stereocenters. The third-order valence-electron chi connectivity index (χ3n) is 4.64. The van der Waals surface area contributed by atoms with Crippen LogP contribution in [0.5, 0.6) is 5.75 Å². The molecule has 0 radical (unpaired) electrons. The number of sulfone groups is 1. The molecule has 116 valence electrons. The smallest absolute Gasteiger partial charge is 0.150 e. The van der Waals surface area contributed by atoms with Gasteiger partial charge in [0.25, 0.3) is 0 Å². The first-order valence-corrected chi connectivity index (χ1v) is 9.50. The van der Waals surface area contributed by atoms with Gasteiger partial charge < -0.3 is 10.1 Å². The maximum absolute atomic E-state index is 11.5. The molecule has 0 aromatic heterocycles. The molecule has 0 spiro atoms. The van der Waals surface area contributed by atoms with Crippen LogP contribution in [0.25, 0.3) is 0 Å². The van der Waals surface area contributed by atoms with Crippen molar-refractivity contribution in [1.29, 1.82) is 0 Å². The lowest BCUT2D eigenvalue weighted by molar-refractivity contribution is 0.404. The third-order valence-corrected chi connectivity index (χ3v) is 6.48. The van der Waals surface area contributed by atoms with E-state index in [1.807, 2.05) is 6.07 Å². The highest BCUT2D eigenvalue weighted by atomic mass is 32.2. The van der Waals surface area contributed by atoms with Crippen molar-refractivity contribution in [2.75, 3.05) is 25.2 Å². The van der Waals surface area contributed by atoms with Crippen molar-refractivity contribution in [2.45, 2.75) is 31.7 Å². The molecule has 2 unspecified atom stereocenters. The van der Waals surface area contributed by atoms with Gasteiger partial charge in [0.05, 0.1) is 18.6 Å². The van der Waals surface area contributed by atoms with E-state index in [0.717, 1.165) is 31.6 Å². The van der Waals surface area contributed by atoms with Crippen molar-refractivity contribution in [3.63, 3.8) is 0 Å². The highest BCUT2D eigenvalue weighted by Gasteiger charge is 2.29. The molecule has 0 bridgehead atoms. The molecule has 3 rings (SSSR count). The summed E-state index contributed by atoms with van der Waals surface area (Å²) >= 11 is 0. The van der Waals surface area contributed by atoms with Crippen LogP contribution in [-0.2, 0) is 16.3 Å². The molecule has 1 aliphatic carbocycles. The zero-order valence-electron chi connectivity index (χ0n) is 12.5. The Hall–Kier alpha value is -1.07. The first kappa shape index (κ1) is 14.9. The lowest BCUT2D eigenvalue weighted by Crippen LogP contribution is -2.30. The van der Waals surface area contributed by atoms with Crippen molar-refractivity contribution in [1.82, 2.24) is 5.32 Å². The molecular formula is C16H23NO3S. The molecular weight excluding hydrogens is 286 g/mol. The van der Waals surface area contributed by atoms with Gasteiger partial charge >= 0.3 is 0 Å². The van der Waals surface area contributed by atoms with Gasteiger partial charge in [-0.3, -0.25) is 0 Å². The Labute approximate surface area is 126 Å². The van der Waals surface area contributed by atoms with Crippen molar-refractivity contribution in [3.8, 4) is 5.75 Å². The second-order valence-corrected chi connectivity index (χ2v) is 8.42. The number of methoxy groups -OCH3 is 1. The quantitative estimate of drug-likeness (QED) is 0.925. The molecule has 1 N–H and O–H groups in total. The highest BCUT2D eigenvalue weighted by molar-refractivity contribution is 7.91. The number of hydrogen-bond acceptors (Lipinski definition) is 4. The summed E-state index contributed by atoms with van der Waals surface area (Å²) < 4.78 is 28.3. The van der Waals surface area contributed by atoms with Crippen LogP contribution in [0.2, 0.25) is 0 Å². The van der Waals surface area contributed by atoms with Crippen molar-refractivity contribution >= 4 is 9.84 Å². The predicted molar refractivity (Wildman–Crippen MR) is 83.4 cm³/mol. The van der Waals surface area contributed by atoms with E-state index in [9.17, 15) is 8.42 Å². The number of hydrogen-bond donors (Lipinski definition) is 1. The second kappa shape index (κ2) is 5.97. The number of aryl methyl sites for hydroxylation is 1. The van der Waals surface area contributed by atoms with E-state index in [1.165, 1.54) is 17.5 Å². The van der Waals surface area contributed by atoms with E-state index < -0.39 is 9.84 Å². The second-order valence-electron chi connectivity index (χ2n) is 6.19. The predicted octanol–water partition coefficient (Wildman–Crippen LogP) is 2.10. The van der Waals surface area contributed by atoms with Gasteiger partial charge in [0.2, 0.25) is 0 Å². The van der Waals surface area contributed by atoms with Crippen molar-refractivity contribution < 1.29 is 13.2 Å². The van der Waals surface area contributed by atoms with Gasteiger partial charge in [-0.25, -0.2) is 8.42 Å². The van der Waals surface area contributed by atoms with E-state index in [2.05, 4.69) is 17.4 Å². The average molecular weight is 309 g/mol. The van der Waals surface area contributed by atoms with Gasteiger partial charge in [-0.05, 0) is 61.4 Å². The fourth-order valence-electron chi connectivity index (χ4n) is 3.47. The lowest BCUT2D eigenvalue weighted by Gasteiger charge is -2.28. The Kier molecular flexibility index (Phi) is 4.22. The number of nitrogens with one attached hydrogen (secondary N) is 1. The highest BCUT2D eigenvalue weighted by Crippen LogP contribution is 2.32. The first-order chi connectivity index (χ1) is 10.1. The number of fused-ring (bicyclic) bond motifs is 1. The Balaban J connectivity index is 1.65. The van der Waals surface area contributed by atoms with Gasteiger partial charge in [-0.2, -0.15) is 0 Å². The molecule has 4 nitrogen and oxygen atoms in total. The maximum Gasteiger partial charge on any atom is 0.150 e. The summed E-state index contributed by atoms with van der Waals surface area (Å²) in [5.74, 6) is 1.90. The number of ether oxygens (including phenoxy) is 1. The van der Waals surface area contributed by atoms with Crippen LogP contribution in [0, 0.1) is 5.92 Å². The van der Waals surface area contributed by atoms with E-state index in [1.54, 1.807) is 7.11 Å². The SMILES string of the molecule is COc1ccc2c(c1)CCCC2NCC1CCS(=O)(=O)C1. The van der Waals surface area contributed by atoms with Crippen LogP contribution in [0.15, 0.2) is 18.2 Å². The molecule has 0 amide bonds. The molecule has 1 saturated heterocycles. The van der Waals surface area contributed by atoms with Gasteiger partial charge in [-0.15, -0.1) is 0 Å². The molecule has 1 fully saturated rings. The Morgan fingerprint density at radius 2 is 2.19 bits per heavy atom. The third kappa shape index (κ3) is 3.40. The molecule has 1 aromatic carbocycles. The fraction of sp³-hybridized carbons (Fsp3) is 0.625. The van der Waals surface area contributed by atoms with Crippen LogP contribution in [-0.4, -0.2) is 33.6 Å². The largest absolute Gasteiger partial charge is 0.497 e. The van der Waals surface area contributed by atoms with Gasteiger partial charge in [0.15, 0.2) is 9.84 Å².